The molecule has 1 unspecified atom stereocenters. The largest absolute Gasteiger partial charge is 0.507 e. The van der Waals surface area contributed by atoms with Gasteiger partial charge in [0.25, 0.3) is 11.7 Å². The fourth-order valence-corrected chi connectivity index (χ4v) is 4.90. The number of aromatic nitrogens is 1. The minimum atomic E-state index is -0.720. The number of Topliss-reactive ketones (excluding diaryl/α,β-unsaturated/α-hetero) is 1. The van der Waals surface area contributed by atoms with Crippen LogP contribution in [-0.2, 0) is 20.9 Å². The molecule has 2 fully saturated rings. The molecule has 5 rings (SSSR count). The van der Waals surface area contributed by atoms with Crippen molar-refractivity contribution < 1.29 is 24.2 Å². The number of hydrogen-bond donors (Lipinski definition) is 1. The van der Waals surface area contributed by atoms with Crippen molar-refractivity contribution in [3.63, 3.8) is 0 Å². The Labute approximate surface area is 222 Å². The predicted octanol–water partition coefficient (Wildman–Crippen LogP) is 3.72. The molecule has 1 atom stereocenters. The summed E-state index contributed by atoms with van der Waals surface area (Å²) in [4.78, 5) is 34.3. The van der Waals surface area contributed by atoms with Crippen molar-refractivity contribution in [2.75, 3.05) is 39.4 Å². The summed E-state index contributed by atoms with van der Waals surface area (Å²) in [6.45, 7) is 6.27. The van der Waals surface area contributed by atoms with E-state index < -0.39 is 17.7 Å². The van der Waals surface area contributed by atoms with Gasteiger partial charge >= 0.3 is 0 Å². The third-order valence-corrected chi connectivity index (χ3v) is 6.92. The van der Waals surface area contributed by atoms with Gasteiger partial charge in [-0.3, -0.25) is 19.5 Å². The topological polar surface area (TPSA) is 92.2 Å². The first-order valence-corrected chi connectivity index (χ1v) is 12.8. The van der Waals surface area contributed by atoms with E-state index in [1.807, 2.05) is 31.2 Å². The summed E-state index contributed by atoms with van der Waals surface area (Å²) in [6.07, 6.45) is 3.27. The molecule has 0 aliphatic carbocycles. The first-order chi connectivity index (χ1) is 18.5. The Hall–Kier alpha value is -4.01. The molecule has 1 aromatic heterocycles. The van der Waals surface area contributed by atoms with Crippen molar-refractivity contribution in [2.24, 2.45) is 0 Å². The van der Waals surface area contributed by atoms with E-state index in [1.165, 1.54) is 0 Å². The van der Waals surface area contributed by atoms with Crippen molar-refractivity contribution in [2.45, 2.75) is 19.6 Å². The Kier molecular flexibility index (Phi) is 7.81. The highest BCUT2D eigenvalue weighted by Gasteiger charge is 2.46. The van der Waals surface area contributed by atoms with Gasteiger partial charge < -0.3 is 19.5 Å². The first-order valence-electron chi connectivity index (χ1n) is 12.8. The van der Waals surface area contributed by atoms with Crippen LogP contribution in [0.3, 0.4) is 0 Å². The second-order valence-electron chi connectivity index (χ2n) is 9.53. The van der Waals surface area contributed by atoms with E-state index in [2.05, 4.69) is 16.0 Å². The summed E-state index contributed by atoms with van der Waals surface area (Å²) in [6, 6.07) is 17.8. The molecule has 0 bridgehead atoms. The van der Waals surface area contributed by atoms with E-state index in [4.69, 9.17) is 9.47 Å². The second-order valence-corrected chi connectivity index (χ2v) is 9.53. The molecule has 2 aliphatic heterocycles. The van der Waals surface area contributed by atoms with E-state index in [9.17, 15) is 14.7 Å². The fraction of sp³-hybridized carbons (Fsp3) is 0.300. The normalized spacial score (nSPS) is 19.6. The highest BCUT2D eigenvalue weighted by Crippen LogP contribution is 2.39. The van der Waals surface area contributed by atoms with Gasteiger partial charge in [-0.05, 0) is 48.4 Å². The maximum absolute atomic E-state index is 13.2. The molecule has 2 saturated heterocycles. The fourth-order valence-electron chi connectivity index (χ4n) is 4.90. The smallest absolute Gasteiger partial charge is 0.295 e. The molecule has 38 heavy (non-hydrogen) atoms. The van der Waals surface area contributed by atoms with E-state index in [-0.39, 0.29) is 11.3 Å². The molecule has 1 N–H and O–H groups in total. The third kappa shape index (κ3) is 5.61. The van der Waals surface area contributed by atoms with Crippen molar-refractivity contribution in [1.82, 2.24) is 14.8 Å². The summed E-state index contributed by atoms with van der Waals surface area (Å²) < 4.78 is 11.3. The number of ketones is 1. The summed E-state index contributed by atoms with van der Waals surface area (Å²) in [5.74, 6) is -0.890. The van der Waals surface area contributed by atoms with Crippen LogP contribution < -0.4 is 4.74 Å². The molecule has 3 aromatic rings. The number of rotatable bonds is 8. The Balaban J connectivity index is 1.39. The first kappa shape index (κ1) is 25.6. The number of benzene rings is 2. The van der Waals surface area contributed by atoms with Gasteiger partial charge in [-0.15, -0.1) is 0 Å². The van der Waals surface area contributed by atoms with E-state index in [0.29, 0.717) is 49.8 Å². The van der Waals surface area contributed by atoms with Crippen LogP contribution in [0, 0.1) is 6.92 Å². The average molecular weight is 514 g/mol. The summed E-state index contributed by atoms with van der Waals surface area (Å²) in [5, 5.41) is 11.3. The number of pyridine rings is 1. The third-order valence-electron chi connectivity index (χ3n) is 6.92. The van der Waals surface area contributed by atoms with Crippen LogP contribution in [0.15, 0.2) is 78.6 Å². The van der Waals surface area contributed by atoms with Gasteiger partial charge in [-0.25, -0.2) is 0 Å². The van der Waals surface area contributed by atoms with Gasteiger partial charge in [0.2, 0.25) is 0 Å². The molecule has 0 radical (unpaired) electrons. The number of morpholine rings is 1. The Morgan fingerprint density at radius 2 is 1.84 bits per heavy atom. The standard InChI is InChI=1S/C30H31N3O5/c1-21-4-2-5-22(18-21)20-38-25-9-7-23(8-10-25)28(34)26-27(24-6-3-11-31-19-24)33(30(36)29(26)35)13-12-32-14-16-37-17-15-32/h2-11,18-19,27,34H,12-17,20H2,1H3/b28-26-. The van der Waals surface area contributed by atoms with Gasteiger partial charge in [-0.1, -0.05) is 35.9 Å². The minimum absolute atomic E-state index is 0.0680. The molecular weight excluding hydrogens is 482 g/mol. The van der Waals surface area contributed by atoms with Crippen molar-refractivity contribution in [3.8, 4) is 5.75 Å². The van der Waals surface area contributed by atoms with Crippen LogP contribution in [-0.4, -0.2) is 71.0 Å². The van der Waals surface area contributed by atoms with Crippen LogP contribution >= 0.6 is 0 Å². The number of likely N-dealkylation sites (tertiary alicyclic amines) is 1. The van der Waals surface area contributed by atoms with Gasteiger partial charge in [0.05, 0.1) is 24.8 Å². The molecule has 0 spiro atoms. The monoisotopic (exact) mass is 513 g/mol. The quantitative estimate of drug-likeness (QED) is 0.279. The van der Waals surface area contributed by atoms with E-state index >= 15 is 0 Å². The van der Waals surface area contributed by atoms with Crippen LogP contribution in [0.4, 0.5) is 0 Å². The van der Waals surface area contributed by atoms with Crippen LogP contribution in [0.1, 0.15) is 28.3 Å². The number of nitrogens with zero attached hydrogens (tertiary/aromatic N) is 3. The SMILES string of the molecule is Cc1cccc(COc2ccc(/C(O)=C3/C(=O)C(=O)N(CCN4CCOCC4)C3c3cccnc3)cc2)c1. The maximum atomic E-state index is 13.2. The lowest BCUT2D eigenvalue weighted by Gasteiger charge is -2.30. The number of aryl methyl sites for hydroxylation is 1. The number of aliphatic hydroxyl groups is 1. The van der Waals surface area contributed by atoms with Crippen LogP contribution in [0.5, 0.6) is 5.75 Å². The van der Waals surface area contributed by atoms with E-state index in [0.717, 1.165) is 24.2 Å². The summed E-state index contributed by atoms with van der Waals surface area (Å²) in [5.41, 5.74) is 3.40. The number of carbonyl (C=O) groups is 2. The molecule has 8 heteroatoms. The highest BCUT2D eigenvalue weighted by atomic mass is 16.5. The van der Waals surface area contributed by atoms with Gasteiger partial charge in [-0.2, -0.15) is 0 Å². The Morgan fingerprint density at radius 1 is 1.05 bits per heavy atom. The summed E-state index contributed by atoms with van der Waals surface area (Å²) >= 11 is 0. The Morgan fingerprint density at radius 3 is 2.55 bits per heavy atom. The van der Waals surface area contributed by atoms with E-state index in [1.54, 1.807) is 47.6 Å². The number of amides is 1. The van der Waals surface area contributed by atoms with Crippen molar-refractivity contribution in [3.05, 3.63) is 101 Å². The number of hydrogen-bond acceptors (Lipinski definition) is 7. The lowest BCUT2D eigenvalue weighted by molar-refractivity contribution is -0.140. The maximum Gasteiger partial charge on any atom is 0.295 e. The zero-order valence-electron chi connectivity index (χ0n) is 21.4. The number of carbonyl (C=O) groups excluding carboxylic acids is 2. The molecule has 2 aromatic carbocycles. The van der Waals surface area contributed by atoms with Crippen molar-refractivity contribution >= 4 is 17.4 Å². The molecule has 0 saturated carbocycles. The van der Waals surface area contributed by atoms with Gasteiger partial charge in [0.1, 0.15) is 18.1 Å². The highest BCUT2D eigenvalue weighted by molar-refractivity contribution is 6.46. The van der Waals surface area contributed by atoms with Crippen LogP contribution in [0.2, 0.25) is 0 Å². The van der Waals surface area contributed by atoms with Gasteiger partial charge in [0, 0.05) is 44.1 Å². The van der Waals surface area contributed by atoms with Crippen molar-refractivity contribution in [1.29, 1.82) is 0 Å². The lowest BCUT2D eigenvalue weighted by atomic mass is 9.96. The molecule has 3 heterocycles. The molecule has 196 valence electrons. The lowest BCUT2D eigenvalue weighted by Crippen LogP contribution is -2.42. The predicted molar refractivity (Wildman–Crippen MR) is 142 cm³/mol. The van der Waals surface area contributed by atoms with Crippen LogP contribution in [0.25, 0.3) is 5.76 Å². The molecule has 8 nitrogen and oxygen atoms in total. The molecule has 1 amide bonds. The van der Waals surface area contributed by atoms with Gasteiger partial charge in [0.15, 0.2) is 0 Å². The zero-order chi connectivity index (χ0) is 26.5. The summed E-state index contributed by atoms with van der Waals surface area (Å²) in [7, 11) is 0. The molecule has 2 aliphatic rings. The average Bonchev–Trinajstić information content (AvgIpc) is 3.21. The second kappa shape index (κ2) is 11.6. The molecular formula is C30H31N3O5. The Bertz CT molecular complexity index is 1320. The zero-order valence-corrected chi connectivity index (χ0v) is 21.4. The minimum Gasteiger partial charge on any atom is -0.507 e. The number of aliphatic hydroxyl groups excluding tert-OH is 1. The number of ether oxygens (including phenoxy) is 2.